The van der Waals surface area contributed by atoms with E-state index in [1.54, 1.807) is 18.9 Å². The molecule has 2 aromatic carbocycles. The molecular formula is C29H34F3N5O4. The molecule has 0 radical (unpaired) electrons. The van der Waals surface area contributed by atoms with Crippen LogP contribution in [0.1, 0.15) is 36.6 Å². The summed E-state index contributed by atoms with van der Waals surface area (Å²) in [6, 6.07) is 10.1. The first-order valence-electron chi connectivity index (χ1n) is 13.4. The predicted octanol–water partition coefficient (Wildman–Crippen LogP) is 4.77. The molecule has 0 spiro atoms. The van der Waals surface area contributed by atoms with Gasteiger partial charge in [-0.15, -0.1) is 0 Å². The van der Waals surface area contributed by atoms with Crippen LogP contribution in [-0.2, 0) is 15.7 Å². The van der Waals surface area contributed by atoms with Crippen LogP contribution in [0, 0.1) is 6.92 Å². The summed E-state index contributed by atoms with van der Waals surface area (Å²) in [5.41, 5.74) is 2.07. The van der Waals surface area contributed by atoms with Gasteiger partial charge in [-0.1, -0.05) is 24.3 Å². The maximum Gasteiger partial charge on any atom is 0.416 e. The molecule has 2 unspecified atom stereocenters. The highest BCUT2D eigenvalue weighted by Crippen LogP contribution is 2.33. The molecule has 0 aromatic heterocycles. The van der Waals surface area contributed by atoms with E-state index in [0.29, 0.717) is 30.9 Å². The van der Waals surface area contributed by atoms with Gasteiger partial charge in [0.05, 0.1) is 23.8 Å². The Morgan fingerprint density at radius 2 is 1.78 bits per heavy atom. The van der Waals surface area contributed by atoms with E-state index in [2.05, 4.69) is 15.5 Å². The van der Waals surface area contributed by atoms with Gasteiger partial charge in [-0.3, -0.25) is 9.80 Å². The molecule has 9 nitrogen and oxygen atoms in total. The minimum atomic E-state index is -4.46. The minimum absolute atomic E-state index is 0.178. The number of benzene rings is 2. The summed E-state index contributed by atoms with van der Waals surface area (Å²) in [7, 11) is 1.61. The molecule has 220 valence electrons. The van der Waals surface area contributed by atoms with Crippen LogP contribution in [-0.4, -0.2) is 78.6 Å². The smallest absolute Gasteiger partial charge is 0.416 e. The second-order valence-electron chi connectivity index (χ2n) is 10.2. The molecule has 1 fully saturated rings. The highest BCUT2D eigenvalue weighted by Gasteiger charge is 2.39. The fraction of sp³-hybridized carbons (Fsp3) is 0.414. The maximum atomic E-state index is 13.3. The standard InChI is InChI=1S/C29H34F3N5O4/c1-5-41-26(38)24-23(35(4)27(39)34-25(24)22-9-7-6-8-18(22)2)17-36-14-15-37(19(3)16-36)28(40)33-21-12-10-20(11-13-21)29(30,31)32/h6-13,19,25H,5,14-17H2,1-4H3,(H,33,40)(H,34,39). The summed E-state index contributed by atoms with van der Waals surface area (Å²) in [4.78, 5) is 44.3. The molecule has 2 heterocycles. The number of anilines is 1. The van der Waals surface area contributed by atoms with Gasteiger partial charge in [0.25, 0.3) is 0 Å². The van der Waals surface area contributed by atoms with Crippen molar-refractivity contribution in [3.8, 4) is 0 Å². The summed E-state index contributed by atoms with van der Waals surface area (Å²) in [5.74, 6) is -0.509. The van der Waals surface area contributed by atoms with E-state index in [4.69, 9.17) is 4.74 Å². The molecule has 0 bridgehead atoms. The van der Waals surface area contributed by atoms with Crippen LogP contribution >= 0.6 is 0 Å². The molecule has 2 aliphatic rings. The van der Waals surface area contributed by atoms with E-state index in [-0.39, 0.29) is 30.9 Å². The average molecular weight is 574 g/mol. The largest absolute Gasteiger partial charge is 0.463 e. The van der Waals surface area contributed by atoms with Crippen LogP contribution in [0.4, 0.5) is 28.4 Å². The van der Waals surface area contributed by atoms with Crippen LogP contribution in [0.15, 0.2) is 59.8 Å². The van der Waals surface area contributed by atoms with E-state index < -0.39 is 29.8 Å². The van der Waals surface area contributed by atoms with Crippen LogP contribution in [0.3, 0.4) is 0 Å². The Morgan fingerprint density at radius 1 is 1.10 bits per heavy atom. The third-order valence-corrected chi connectivity index (χ3v) is 7.38. The molecule has 2 aliphatic heterocycles. The number of hydrogen-bond acceptors (Lipinski definition) is 5. The lowest BCUT2D eigenvalue weighted by Crippen LogP contribution is -2.57. The van der Waals surface area contributed by atoms with Gasteiger partial charge in [0.2, 0.25) is 0 Å². The van der Waals surface area contributed by atoms with Crippen molar-refractivity contribution in [3.63, 3.8) is 0 Å². The summed E-state index contributed by atoms with van der Waals surface area (Å²) in [6.07, 6.45) is -4.46. The molecule has 1 saturated heterocycles. The number of urea groups is 2. The van der Waals surface area contributed by atoms with Crippen LogP contribution < -0.4 is 10.6 Å². The molecule has 41 heavy (non-hydrogen) atoms. The van der Waals surface area contributed by atoms with E-state index in [1.807, 2.05) is 38.1 Å². The van der Waals surface area contributed by atoms with Crippen molar-refractivity contribution < 1.29 is 32.3 Å². The zero-order chi connectivity index (χ0) is 29.9. The zero-order valence-corrected chi connectivity index (χ0v) is 23.4. The molecule has 0 aliphatic carbocycles. The Morgan fingerprint density at radius 3 is 2.39 bits per heavy atom. The van der Waals surface area contributed by atoms with Crippen molar-refractivity contribution in [3.05, 3.63) is 76.5 Å². The molecule has 4 rings (SSSR count). The SMILES string of the molecule is CCOC(=O)C1=C(CN2CCN(C(=O)Nc3ccc(C(F)(F)F)cc3)C(C)C2)N(C)C(=O)NC1c1ccccc1C. The molecule has 2 aromatic rings. The third kappa shape index (κ3) is 6.64. The minimum Gasteiger partial charge on any atom is -0.463 e. The Bertz CT molecular complexity index is 1330. The maximum absolute atomic E-state index is 13.3. The van der Waals surface area contributed by atoms with Crippen molar-refractivity contribution >= 4 is 23.7 Å². The van der Waals surface area contributed by atoms with Crippen molar-refractivity contribution in [1.29, 1.82) is 0 Å². The Labute approximate surface area is 236 Å². The average Bonchev–Trinajstić information content (AvgIpc) is 2.91. The number of halogens is 3. The van der Waals surface area contributed by atoms with Gasteiger partial charge < -0.3 is 20.3 Å². The van der Waals surface area contributed by atoms with Crippen molar-refractivity contribution in [1.82, 2.24) is 20.0 Å². The number of carbonyl (C=O) groups excluding carboxylic acids is 3. The molecule has 2 atom stereocenters. The Hall–Kier alpha value is -4.06. The quantitative estimate of drug-likeness (QED) is 0.486. The van der Waals surface area contributed by atoms with E-state index in [0.717, 1.165) is 23.3 Å². The first-order valence-corrected chi connectivity index (χ1v) is 13.4. The fourth-order valence-corrected chi connectivity index (χ4v) is 5.17. The van der Waals surface area contributed by atoms with Crippen molar-refractivity contribution in [2.75, 3.05) is 45.2 Å². The van der Waals surface area contributed by atoms with E-state index in [1.165, 1.54) is 17.0 Å². The number of amides is 4. The van der Waals surface area contributed by atoms with Crippen molar-refractivity contribution in [2.24, 2.45) is 0 Å². The number of nitrogens with zero attached hydrogens (tertiary/aromatic N) is 3. The number of nitrogens with one attached hydrogen (secondary N) is 2. The van der Waals surface area contributed by atoms with Gasteiger partial charge in [-0.2, -0.15) is 13.2 Å². The number of rotatable bonds is 6. The number of alkyl halides is 3. The topological polar surface area (TPSA) is 94.2 Å². The molecule has 0 saturated carbocycles. The van der Waals surface area contributed by atoms with Crippen LogP contribution in [0.25, 0.3) is 0 Å². The predicted molar refractivity (Wildman–Crippen MR) is 147 cm³/mol. The van der Waals surface area contributed by atoms with Gasteiger partial charge in [-0.05, 0) is 56.2 Å². The number of esters is 1. The van der Waals surface area contributed by atoms with E-state index in [9.17, 15) is 27.6 Å². The summed E-state index contributed by atoms with van der Waals surface area (Å²) in [5, 5.41) is 5.60. The highest BCUT2D eigenvalue weighted by atomic mass is 19.4. The lowest BCUT2D eigenvalue weighted by atomic mass is 9.91. The highest BCUT2D eigenvalue weighted by molar-refractivity contribution is 5.95. The molecule has 4 amide bonds. The van der Waals surface area contributed by atoms with Crippen LogP contribution in [0.2, 0.25) is 0 Å². The molecule has 12 heteroatoms. The van der Waals surface area contributed by atoms with Gasteiger partial charge in [0, 0.05) is 50.7 Å². The monoisotopic (exact) mass is 573 g/mol. The Kier molecular flexibility index (Phi) is 8.91. The number of hydrogen-bond donors (Lipinski definition) is 2. The van der Waals surface area contributed by atoms with Crippen LogP contribution in [0.5, 0.6) is 0 Å². The summed E-state index contributed by atoms with van der Waals surface area (Å²) >= 11 is 0. The van der Waals surface area contributed by atoms with E-state index >= 15 is 0 Å². The fourth-order valence-electron chi connectivity index (χ4n) is 5.17. The van der Waals surface area contributed by atoms with Crippen molar-refractivity contribution in [2.45, 2.75) is 39.0 Å². The lowest BCUT2D eigenvalue weighted by Gasteiger charge is -2.42. The number of carbonyl (C=O) groups is 3. The summed E-state index contributed by atoms with van der Waals surface area (Å²) < 4.78 is 44.0. The number of likely N-dealkylation sites (N-methyl/N-ethyl adjacent to an activating group) is 1. The first kappa shape index (κ1) is 29.9. The molecular weight excluding hydrogens is 539 g/mol. The second-order valence-corrected chi connectivity index (χ2v) is 10.2. The van der Waals surface area contributed by atoms with Gasteiger partial charge in [-0.25, -0.2) is 14.4 Å². The normalized spacial score (nSPS) is 20.1. The molecule has 2 N–H and O–H groups in total. The summed E-state index contributed by atoms with van der Waals surface area (Å²) in [6.45, 7) is 7.21. The Balaban J connectivity index is 1.51. The van der Waals surface area contributed by atoms with Gasteiger partial charge in [0.1, 0.15) is 0 Å². The van der Waals surface area contributed by atoms with Gasteiger partial charge in [0.15, 0.2) is 0 Å². The number of piperazine rings is 1. The lowest BCUT2D eigenvalue weighted by molar-refractivity contribution is -0.139. The number of aryl methyl sites for hydroxylation is 1. The third-order valence-electron chi connectivity index (χ3n) is 7.38. The second kappa shape index (κ2) is 12.2. The number of ether oxygens (including phenoxy) is 1. The first-order chi connectivity index (χ1) is 19.4. The zero-order valence-electron chi connectivity index (χ0n) is 23.4. The van der Waals surface area contributed by atoms with Gasteiger partial charge >= 0.3 is 24.2 Å².